The lowest BCUT2D eigenvalue weighted by molar-refractivity contribution is -0.274. The molecule has 168 valence electrons. The zero-order chi connectivity index (χ0) is 22.8. The Balaban J connectivity index is 1.70. The van der Waals surface area contributed by atoms with E-state index in [9.17, 15) is 22.8 Å². The molecule has 0 atom stereocenters. The Morgan fingerprint density at radius 3 is 2.39 bits per heavy atom. The van der Waals surface area contributed by atoms with Gasteiger partial charge in [-0.1, -0.05) is 0 Å². The van der Waals surface area contributed by atoms with Gasteiger partial charge in [0.05, 0.1) is 12.2 Å². The van der Waals surface area contributed by atoms with Crippen LogP contribution in [-0.2, 0) is 4.74 Å². The molecule has 0 N–H and O–H groups in total. The molecule has 1 aliphatic heterocycles. The molecular weight excluding hydrogens is 415 g/mol. The SMILES string of the molecule is CC(C)(C)OC(=O)N1CCC(n2cc(-c3cc(C=O)cc(OC(F)(F)F)c3)cn2)CC1. The van der Waals surface area contributed by atoms with Crippen molar-refractivity contribution in [2.45, 2.75) is 51.6 Å². The van der Waals surface area contributed by atoms with Gasteiger partial charge in [-0.25, -0.2) is 4.79 Å². The summed E-state index contributed by atoms with van der Waals surface area (Å²) < 4.78 is 48.8. The van der Waals surface area contributed by atoms with Crippen LogP contribution in [0.1, 0.15) is 50.0 Å². The van der Waals surface area contributed by atoms with E-state index in [1.807, 2.05) is 20.8 Å². The number of benzene rings is 1. The average molecular weight is 439 g/mol. The van der Waals surface area contributed by atoms with E-state index in [-0.39, 0.29) is 17.7 Å². The van der Waals surface area contributed by atoms with Gasteiger partial charge in [-0.15, -0.1) is 13.2 Å². The van der Waals surface area contributed by atoms with Gasteiger partial charge in [0.25, 0.3) is 0 Å². The Morgan fingerprint density at radius 1 is 1.13 bits per heavy atom. The monoisotopic (exact) mass is 439 g/mol. The van der Waals surface area contributed by atoms with Crippen LogP contribution < -0.4 is 4.74 Å². The van der Waals surface area contributed by atoms with E-state index in [4.69, 9.17) is 4.74 Å². The van der Waals surface area contributed by atoms with Crippen molar-refractivity contribution in [1.82, 2.24) is 14.7 Å². The Bertz CT molecular complexity index is 942. The molecular formula is C21H24F3N3O4. The summed E-state index contributed by atoms with van der Waals surface area (Å²) in [6.45, 7) is 6.47. The standard InChI is InChI=1S/C21H24F3N3O4/c1-20(2,3)31-19(29)26-6-4-17(5-7-26)27-12-16(11-25-27)15-8-14(13-28)9-18(10-15)30-21(22,23)24/h8-13,17H,4-7H2,1-3H3. The molecule has 1 aromatic carbocycles. The van der Waals surface area contributed by atoms with E-state index in [0.717, 1.165) is 6.07 Å². The Labute approximate surface area is 177 Å². The quantitative estimate of drug-likeness (QED) is 0.638. The Kier molecular flexibility index (Phi) is 6.28. The highest BCUT2D eigenvalue weighted by Gasteiger charge is 2.31. The number of hydrogen-bond acceptors (Lipinski definition) is 5. The van der Waals surface area contributed by atoms with Gasteiger partial charge in [0.15, 0.2) is 0 Å². The molecule has 3 rings (SSSR count). The molecule has 1 amide bonds. The minimum atomic E-state index is -4.86. The number of amides is 1. The normalized spacial score (nSPS) is 15.6. The summed E-state index contributed by atoms with van der Waals surface area (Å²) in [7, 11) is 0. The minimum absolute atomic E-state index is 0.0348. The molecule has 0 saturated carbocycles. The third-order valence-corrected chi connectivity index (χ3v) is 4.72. The number of nitrogens with zero attached hydrogens (tertiary/aromatic N) is 3. The lowest BCUT2D eigenvalue weighted by Crippen LogP contribution is -2.42. The third-order valence-electron chi connectivity index (χ3n) is 4.72. The van der Waals surface area contributed by atoms with Crippen molar-refractivity contribution in [2.24, 2.45) is 0 Å². The maximum absolute atomic E-state index is 12.6. The molecule has 10 heteroatoms. The largest absolute Gasteiger partial charge is 0.573 e. The van der Waals surface area contributed by atoms with Gasteiger partial charge >= 0.3 is 12.5 Å². The molecule has 31 heavy (non-hydrogen) atoms. The van der Waals surface area contributed by atoms with Crippen LogP contribution in [0.25, 0.3) is 11.1 Å². The predicted molar refractivity (Wildman–Crippen MR) is 106 cm³/mol. The fraction of sp³-hybridized carbons (Fsp3) is 0.476. The van der Waals surface area contributed by atoms with Gasteiger partial charge in [-0.2, -0.15) is 5.10 Å². The van der Waals surface area contributed by atoms with Crippen molar-refractivity contribution in [1.29, 1.82) is 0 Å². The number of rotatable bonds is 4. The molecule has 1 fully saturated rings. The third kappa shape index (κ3) is 6.22. The van der Waals surface area contributed by atoms with Crippen LogP contribution in [0, 0.1) is 0 Å². The number of halogens is 3. The van der Waals surface area contributed by atoms with E-state index in [1.165, 1.54) is 18.3 Å². The first kappa shape index (κ1) is 22.6. The highest BCUT2D eigenvalue weighted by atomic mass is 19.4. The van der Waals surface area contributed by atoms with Crippen molar-refractivity contribution in [3.8, 4) is 16.9 Å². The van der Waals surface area contributed by atoms with Crippen LogP contribution >= 0.6 is 0 Å². The molecule has 2 heterocycles. The van der Waals surface area contributed by atoms with Gasteiger partial charge in [-0.05, 0) is 57.4 Å². The average Bonchev–Trinajstić information content (AvgIpc) is 3.15. The number of carbonyl (C=O) groups excluding carboxylic acids is 2. The van der Waals surface area contributed by atoms with Gasteiger partial charge in [0.1, 0.15) is 17.6 Å². The van der Waals surface area contributed by atoms with Crippen LogP contribution in [0.5, 0.6) is 5.75 Å². The Morgan fingerprint density at radius 2 is 1.81 bits per heavy atom. The summed E-state index contributed by atoms with van der Waals surface area (Å²) in [5, 5.41) is 4.34. The van der Waals surface area contributed by atoms with E-state index >= 15 is 0 Å². The number of hydrogen-bond donors (Lipinski definition) is 0. The van der Waals surface area contributed by atoms with E-state index in [1.54, 1.807) is 15.8 Å². The number of aromatic nitrogens is 2. The van der Waals surface area contributed by atoms with E-state index in [2.05, 4.69) is 9.84 Å². The van der Waals surface area contributed by atoms with Crippen LogP contribution in [0.15, 0.2) is 30.6 Å². The van der Waals surface area contributed by atoms with Crippen LogP contribution in [0.2, 0.25) is 0 Å². The number of ether oxygens (including phenoxy) is 2. The van der Waals surface area contributed by atoms with Gasteiger partial charge in [0.2, 0.25) is 0 Å². The fourth-order valence-electron chi connectivity index (χ4n) is 3.38. The minimum Gasteiger partial charge on any atom is -0.444 e. The highest BCUT2D eigenvalue weighted by molar-refractivity contribution is 5.80. The lowest BCUT2D eigenvalue weighted by Gasteiger charge is -2.33. The molecule has 0 unspecified atom stereocenters. The molecule has 1 aliphatic rings. The number of carbonyl (C=O) groups is 2. The second kappa shape index (κ2) is 8.60. The van der Waals surface area contributed by atoms with Crippen LogP contribution in [-0.4, -0.2) is 52.1 Å². The molecule has 0 spiro atoms. The smallest absolute Gasteiger partial charge is 0.444 e. The first-order valence-electron chi connectivity index (χ1n) is 9.82. The van der Waals surface area contributed by atoms with Crippen molar-refractivity contribution in [2.75, 3.05) is 13.1 Å². The predicted octanol–water partition coefficient (Wildman–Crippen LogP) is 4.83. The Hall–Kier alpha value is -3.04. The maximum Gasteiger partial charge on any atom is 0.573 e. The van der Waals surface area contributed by atoms with Gasteiger partial charge in [0, 0.05) is 30.4 Å². The summed E-state index contributed by atoms with van der Waals surface area (Å²) in [5.41, 5.74) is 0.456. The van der Waals surface area contributed by atoms with Crippen LogP contribution in [0.4, 0.5) is 18.0 Å². The summed E-state index contributed by atoms with van der Waals surface area (Å²) in [5.74, 6) is -0.467. The number of alkyl halides is 3. The van der Waals surface area contributed by atoms with Crippen LogP contribution in [0.3, 0.4) is 0 Å². The first-order chi connectivity index (χ1) is 14.4. The number of aldehydes is 1. The topological polar surface area (TPSA) is 73.7 Å². The zero-order valence-electron chi connectivity index (χ0n) is 17.5. The second-order valence-corrected chi connectivity index (χ2v) is 8.36. The zero-order valence-corrected chi connectivity index (χ0v) is 17.5. The summed E-state index contributed by atoms with van der Waals surface area (Å²) in [6, 6.07) is 3.75. The fourth-order valence-corrected chi connectivity index (χ4v) is 3.38. The van der Waals surface area contributed by atoms with Crippen molar-refractivity contribution in [3.63, 3.8) is 0 Å². The summed E-state index contributed by atoms with van der Waals surface area (Å²) >= 11 is 0. The first-order valence-corrected chi connectivity index (χ1v) is 9.82. The number of likely N-dealkylation sites (tertiary alicyclic amines) is 1. The highest BCUT2D eigenvalue weighted by Crippen LogP contribution is 2.31. The van der Waals surface area contributed by atoms with Crippen molar-refractivity contribution in [3.05, 3.63) is 36.2 Å². The van der Waals surface area contributed by atoms with E-state index in [0.29, 0.717) is 43.3 Å². The molecule has 1 aromatic heterocycles. The van der Waals surface area contributed by atoms with E-state index < -0.39 is 17.7 Å². The van der Waals surface area contributed by atoms with Crippen molar-refractivity contribution >= 4 is 12.4 Å². The van der Waals surface area contributed by atoms with Gasteiger partial charge in [-0.3, -0.25) is 9.48 Å². The lowest BCUT2D eigenvalue weighted by atomic mass is 10.0. The molecule has 7 nitrogen and oxygen atoms in total. The maximum atomic E-state index is 12.6. The molecule has 0 radical (unpaired) electrons. The molecule has 2 aromatic rings. The number of piperidine rings is 1. The van der Waals surface area contributed by atoms with Crippen molar-refractivity contribution < 1.29 is 32.2 Å². The molecule has 0 aliphatic carbocycles. The summed E-state index contributed by atoms with van der Waals surface area (Å²) in [6.07, 6.45) is -0.172. The molecule has 1 saturated heterocycles. The second-order valence-electron chi connectivity index (χ2n) is 8.36. The van der Waals surface area contributed by atoms with Gasteiger partial charge < -0.3 is 14.4 Å². The molecule has 0 bridgehead atoms. The summed E-state index contributed by atoms with van der Waals surface area (Å²) in [4.78, 5) is 25.0.